The zero-order valence-electron chi connectivity index (χ0n) is 19.1. The van der Waals surface area contributed by atoms with E-state index in [1.165, 1.54) is 27.8 Å². The van der Waals surface area contributed by atoms with Crippen LogP contribution in [-0.2, 0) is 0 Å². The molecule has 3 heteroatoms. The summed E-state index contributed by atoms with van der Waals surface area (Å²) in [6.07, 6.45) is 0.969. The van der Waals surface area contributed by atoms with Crippen molar-refractivity contribution in [2.75, 3.05) is 33.8 Å². The minimum Gasteiger partial charge on any atom is -1.00 e. The summed E-state index contributed by atoms with van der Waals surface area (Å²) in [5.74, 6) is 0.931. The summed E-state index contributed by atoms with van der Waals surface area (Å²) in [4.78, 5) is 0. The van der Waals surface area contributed by atoms with E-state index in [4.69, 9.17) is 4.74 Å². The predicted molar refractivity (Wildman–Crippen MR) is 129 cm³/mol. The second kappa shape index (κ2) is 11.9. The van der Waals surface area contributed by atoms with Crippen molar-refractivity contribution in [3.05, 3.63) is 102 Å². The molecule has 2 nitrogen and oxygen atoms in total. The summed E-state index contributed by atoms with van der Waals surface area (Å²) in [6.45, 7) is 7.28. The molecule has 0 radical (unpaired) electrons. The molecule has 0 saturated heterocycles. The number of hydrogen-bond acceptors (Lipinski definition) is 1. The first-order chi connectivity index (χ1) is 14.5. The Morgan fingerprint density at radius 3 is 1.74 bits per heavy atom. The van der Waals surface area contributed by atoms with E-state index < -0.39 is 0 Å². The molecule has 0 heterocycles. The van der Waals surface area contributed by atoms with E-state index >= 15 is 0 Å². The monoisotopic (exact) mass is 479 g/mol. The Kier molecular flexibility index (Phi) is 9.54. The average molecular weight is 480 g/mol. The number of rotatable bonds is 9. The van der Waals surface area contributed by atoms with E-state index in [2.05, 4.69) is 113 Å². The molecular weight excluding hydrogens is 446 g/mol. The fraction of sp³-hybridized carbons (Fsp3) is 0.286. The highest BCUT2D eigenvalue weighted by Crippen LogP contribution is 2.34. The van der Waals surface area contributed by atoms with Gasteiger partial charge in [-0.05, 0) is 53.3 Å². The normalized spacial score (nSPS) is 12.0. The highest BCUT2D eigenvalue weighted by molar-refractivity contribution is 5.98. The van der Waals surface area contributed by atoms with Crippen molar-refractivity contribution in [2.45, 2.75) is 20.3 Å². The number of benzene rings is 3. The van der Waals surface area contributed by atoms with E-state index in [1.807, 2.05) is 0 Å². The van der Waals surface area contributed by atoms with Crippen LogP contribution in [0.25, 0.3) is 11.1 Å². The molecule has 0 aromatic heterocycles. The van der Waals surface area contributed by atoms with Gasteiger partial charge in [0, 0.05) is 0 Å². The van der Waals surface area contributed by atoms with Crippen molar-refractivity contribution in [3.8, 4) is 5.75 Å². The van der Waals surface area contributed by atoms with Gasteiger partial charge in [0.05, 0.1) is 20.6 Å². The molecule has 3 rings (SSSR count). The van der Waals surface area contributed by atoms with E-state index in [0.29, 0.717) is 0 Å². The van der Waals surface area contributed by atoms with Crippen LogP contribution >= 0.6 is 0 Å². The molecule has 0 aliphatic rings. The molecule has 164 valence electrons. The van der Waals surface area contributed by atoms with Crippen LogP contribution in [0.1, 0.15) is 37.0 Å². The van der Waals surface area contributed by atoms with E-state index in [0.717, 1.165) is 36.3 Å². The first-order valence-electron chi connectivity index (χ1n) is 10.9. The standard InChI is InChI=1S/C28H34NO.BrH/c1-5-27(23-13-9-7-10-14-23)28(24-15-11-8-12-16-24)25-17-19-26(20-18-25)30-22-21-29(3,4)6-2;/h7-20H,5-6,21-22H2,1-4H3;1H/q+1;/p-1/b28-27-;. The molecule has 3 aromatic rings. The van der Waals surface area contributed by atoms with Gasteiger partial charge in [-0.2, -0.15) is 0 Å². The molecule has 0 aliphatic carbocycles. The predicted octanol–water partition coefficient (Wildman–Crippen LogP) is 3.53. The maximum Gasteiger partial charge on any atom is 0.137 e. The number of hydrogen-bond donors (Lipinski definition) is 0. The smallest absolute Gasteiger partial charge is 0.137 e. The number of ether oxygens (including phenoxy) is 1. The Balaban J connectivity index is 0.00000341. The lowest BCUT2D eigenvalue weighted by molar-refractivity contribution is -0.888. The SMILES string of the molecule is CC/C(=C(\c1ccccc1)c1ccc(OCC[N+](C)(C)CC)cc1)c1ccccc1.[Br-]. The minimum atomic E-state index is 0. The quantitative estimate of drug-likeness (QED) is 0.336. The summed E-state index contributed by atoms with van der Waals surface area (Å²) in [5.41, 5.74) is 6.39. The second-order valence-electron chi connectivity index (χ2n) is 8.29. The van der Waals surface area contributed by atoms with Gasteiger partial charge in [-0.15, -0.1) is 0 Å². The van der Waals surface area contributed by atoms with Crippen LogP contribution in [0, 0.1) is 0 Å². The van der Waals surface area contributed by atoms with Gasteiger partial charge in [-0.3, -0.25) is 0 Å². The van der Waals surface area contributed by atoms with Crippen LogP contribution < -0.4 is 21.7 Å². The fourth-order valence-corrected chi connectivity index (χ4v) is 3.57. The minimum absolute atomic E-state index is 0. The van der Waals surface area contributed by atoms with Gasteiger partial charge in [0.1, 0.15) is 18.9 Å². The largest absolute Gasteiger partial charge is 1.00 e. The van der Waals surface area contributed by atoms with Crippen LogP contribution in [0.3, 0.4) is 0 Å². The highest BCUT2D eigenvalue weighted by atomic mass is 79.9. The van der Waals surface area contributed by atoms with Gasteiger partial charge >= 0.3 is 0 Å². The van der Waals surface area contributed by atoms with Gasteiger partial charge in [-0.1, -0.05) is 79.7 Å². The number of likely N-dealkylation sites (N-methyl/N-ethyl adjacent to an activating group) is 1. The van der Waals surface area contributed by atoms with Crippen molar-refractivity contribution in [3.63, 3.8) is 0 Å². The molecule has 0 bridgehead atoms. The number of quaternary nitrogens is 1. The molecule has 0 aliphatic heterocycles. The van der Waals surface area contributed by atoms with Gasteiger partial charge in [0.25, 0.3) is 0 Å². The van der Waals surface area contributed by atoms with Crippen LogP contribution in [0.15, 0.2) is 84.9 Å². The van der Waals surface area contributed by atoms with E-state index in [9.17, 15) is 0 Å². The second-order valence-corrected chi connectivity index (χ2v) is 8.29. The maximum absolute atomic E-state index is 6.02. The van der Waals surface area contributed by atoms with Crippen LogP contribution in [0.2, 0.25) is 0 Å². The molecule has 0 N–H and O–H groups in total. The van der Waals surface area contributed by atoms with Gasteiger partial charge in [-0.25, -0.2) is 0 Å². The summed E-state index contributed by atoms with van der Waals surface area (Å²) in [5, 5.41) is 0. The molecule has 0 spiro atoms. The zero-order valence-corrected chi connectivity index (χ0v) is 20.7. The summed E-state index contributed by atoms with van der Waals surface area (Å²) in [6, 6.07) is 30.0. The van der Waals surface area contributed by atoms with Crippen molar-refractivity contribution in [1.82, 2.24) is 0 Å². The lowest BCUT2D eigenvalue weighted by Gasteiger charge is -2.27. The van der Waals surface area contributed by atoms with Crippen molar-refractivity contribution in [2.24, 2.45) is 0 Å². The van der Waals surface area contributed by atoms with Crippen molar-refractivity contribution in [1.29, 1.82) is 0 Å². The Morgan fingerprint density at radius 2 is 1.23 bits per heavy atom. The van der Waals surface area contributed by atoms with Crippen molar-refractivity contribution < 1.29 is 26.2 Å². The first kappa shape index (κ1) is 24.9. The fourth-order valence-electron chi connectivity index (χ4n) is 3.57. The maximum atomic E-state index is 6.02. The third-order valence-electron chi connectivity index (χ3n) is 5.80. The summed E-state index contributed by atoms with van der Waals surface area (Å²) < 4.78 is 6.99. The van der Waals surface area contributed by atoms with Gasteiger partial charge < -0.3 is 26.2 Å². The molecule has 3 aromatic carbocycles. The molecule has 0 fully saturated rings. The molecule has 0 saturated carbocycles. The Hall–Kier alpha value is -2.36. The lowest BCUT2D eigenvalue weighted by atomic mass is 9.88. The number of halogens is 1. The number of allylic oxidation sites excluding steroid dienone is 1. The number of nitrogens with zero attached hydrogens (tertiary/aromatic N) is 1. The summed E-state index contributed by atoms with van der Waals surface area (Å²) in [7, 11) is 4.47. The highest BCUT2D eigenvalue weighted by Gasteiger charge is 2.14. The molecule has 0 unspecified atom stereocenters. The zero-order chi connectivity index (χ0) is 21.4. The lowest BCUT2D eigenvalue weighted by Crippen LogP contribution is -3.00. The molecule has 31 heavy (non-hydrogen) atoms. The Morgan fingerprint density at radius 1 is 0.710 bits per heavy atom. The van der Waals surface area contributed by atoms with Crippen molar-refractivity contribution >= 4 is 11.1 Å². The third-order valence-corrected chi connectivity index (χ3v) is 5.80. The van der Waals surface area contributed by atoms with E-state index in [1.54, 1.807) is 0 Å². The molecular formula is C28H34BrNO. The van der Waals surface area contributed by atoms with Gasteiger partial charge in [0.2, 0.25) is 0 Å². The molecule has 0 atom stereocenters. The topological polar surface area (TPSA) is 9.23 Å². The Labute approximate surface area is 198 Å². The molecule has 0 amide bonds. The van der Waals surface area contributed by atoms with Crippen LogP contribution in [0.5, 0.6) is 5.75 Å². The first-order valence-corrected chi connectivity index (χ1v) is 10.9. The Bertz CT molecular complexity index is 947. The third kappa shape index (κ3) is 6.81. The van der Waals surface area contributed by atoms with Crippen LogP contribution in [-0.4, -0.2) is 38.3 Å². The van der Waals surface area contributed by atoms with E-state index in [-0.39, 0.29) is 17.0 Å². The van der Waals surface area contributed by atoms with Gasteiger partial charge in [0.15, 0.2) is 0 Å². The average Bonchev–Trinajstić information content (AvgIpc) is 2.79. The summed E-state index contributed by atoms with van der Waals surface area (Å²) >= 11 is 0. The van der Waals surface area contributed by atoms with Crippen LogP contribution in [0.4, 0.5) is 0 Å².